The highest BCUT2D eigenvalue weighted by Gasteiger charge is 2.33. The fourth-order valence-corrected chi connectivity index (χ4v) is 3.20. The zero-order valence-electron chi connectivity index (χ0n) is 15.2. The minimum atomic E-state index is -4.65. The van der Waals surface area contributed by atoms with Gasteiger partial charge in [-0.3, -0.25) is 14.5 Å². The molecule has 1 heterocycles. The lowest BCUT2D eigenvalue weighted by molar-refractivity contribution is -0.137. The lowest BCUT2D eigenvalue weighted by atomic mass is 10.1. The highest BCUT2D eigenvalue weighted by Crippen LogP contribution is 2.35. The number of nitrogens with zero attached hydrogens (tertiary/aromatic N) is 3. The first-order chi connectivity index (χ1) is 14.3. The minimum Gasteiger partial charge on any atom is -0.350 e. The van der Waals surface area contributed by atoms with Crippen molar-refractivity contribution in [3.63, 3.8) is 0 Å². The molecule has 1 aromatic heterocycles. The molecule has 0 atom stereocenters. The molecule has 0 bridgehead atoms. The summed E-state index contributed by atoms with van der Waals surface area (Å²) in [5.74, 6) is -1.37. The Hall–Kier alpha value is -2.98. The van der Waals surface area contributed by atoms with Gasteiger partial charge in [-0.1, -0.05) is 46.4 Å². The first-order valence-corrected chi connectivity index (χ1v) is 9.73. The summed E-state index contributed by atoms with van der Waals surface area (Å²) >= 11 is 6.97. The van der Waals surface area contributed by atoms with Gasteiger partial charge in [0.2, 0.25) is 5.91 Å². The second-order valence-corrected chi connectivity index (χ2v) is 7.12. The van der Waals surface area contributed by atoms with Crippen molar-refractivity contribution in [2.24, 2.45) is 0 Å². The van der Waals surface area contributed by atoms with Crippen molar-refractivity contribution in [2.45, 2.75) is 12.7 Å². The molecule has 30 heavy (non-hydrogen) atoms. The molecule has 11 heteroatoms. The van der Waals surface area contributed by atoms with Crippen molar-refractivity contribution in [3.8, 4) is 0 Å². The van der Waals surface area contributed by atoms with Crippen LogP contribution in [0.1, 0.15) is 21.6 Å². The van der Waals surface area contributed by atoms with Crippen LogP contribution in [0.15, 0.2) is 53.9 Å². The molecule has 6 nitrogen and oxygen atoms in total. The van der Waals surface area contributed by atoms with Crippen LogP contribution in [0, 0.1) is 0 Å². The predicted molar refractivity (Wildman–Crippen MR) is 106 cm³/mol. The van der Waals surface area contributed by atoms with E-state index in [0.29, 0.717) is 0 Å². The molecular weight excluding hydrogens is 441 g/mol. The first kappa shape index (κ1) is 21.7. The number of nitrogens with one attached hydrogen (secondary N) is 1. The molecule has 0 saturated carbocycles. The fraction of sp³-hybridized carbons (Fsp3) is 0.158. The Morgan fingerprint density at radius 3 is 2.50 bits per heavy atom. The summed E-state index contributed by atoms with van der Waals surface area (Å²) in [5.41, 5.74) is -0.533. The molecule has 0 radical (unpaired) electrons. The van der Waals surface area contributed by atoms with Crippen LogP contribution in [0.2, 0.25) is 5.02 Å². The average Bonchev–Trinajstić information content (AvgIpc) is 3.25. The Bertz CT molecular complexity index is 1030. The molecule has 1 N–H and O–H groups in total. The average molecular weight is 455 g/mol. The Morgan fingerprint density at radius 2 is 1.87 bits per heavy atom. The van der Waals surface area contributed by atoms with E-state index >= 15 is 0 Å². The van der Waals surface area contributed by atoms with Crippen LogP contribution >= 0.6 is 23.1 Å². The van der Waals surface area contributed by atoms with E-state index in [9.17, 15) is 22.8 Å². The molecule has 0 spiro atoms. The van der Waals surface area contributed by atoms with Crippen molar-refractivity contribution < 1.29 is 22.8 Å². The maximum Gasteiger partial charge on any atom is 0.416 e. The van der Waals surface area contributed by atoms with Crippen LogP contribution in [0.3, 0.4) is 0 Å². The number of amides is 2. The third-order valence-corrected chi connectivity index (χ3v) is 4.85. The molecule has 0 aliphatic carbocycles. The van der Waals surface area contributed by atoms with Crippen LogP contribution in [0.5, 0.6) is 0 Å². The number of hydrogen-bond acceptors (Lipinski definition) is 5. The van der Waals surface area contributed by atoms with Gasteiger partial charge in [0.25, 0.3) is 5.91 Å². The first-order valence-electron chi connectivity index (χ1n) is 8.52. The van der Waals surface area contributed by atoms with Crippen LogP contribution in [-0.2, 0) is 17.5 Å². The van der Waals surface area contributed by atoms with Gasteiger partial charge < -0.3 is 5.32 Å². The lowest BCUT2D eigenvalue weighted by Gasteiger charge is -2.23. The van der Waals surface area contributed by atoms with E-state index in [2.05, 4.69) is 14.9 Å². The van der Waals surface area contributed by atoms with Crippen molar-refractivity contribution in [1.82, 2.24) is 14.9 Å². The van der Waals surface area contributed by atoms with Crippen LogP contribution in [0.4, 0.5) is 18.9 Å². The summed E-state index contributed by atoms with van der Waals surface area (Å²) < 4.78 is 43.1. The zero-order valence-corrected chi connectivity index (χ0v) is 16.8. The van der Waals surface area contributed by atoms with Crippen LogP contribution < -0.4 is 10.2 Å². The monoisotopic (exact) mass is 454 g/mol. The topological polar surface area (TPSA) is 75.2 Å². The number of aromatic nitrogens is 2. The number of anilines is 1. The van der Waals surface area contributed by atoms with Gasteiger partial charge in [-0.25, -0.2) is 0 Å². The highest BCUT2D eigenvalue weighted by molar-refractivity contribution is 7.03. The van der Waals surface area contributed by atoms with Gasteiger partial charge in [0.1, 0.15) is 6.54 Å². The Kier molecular flexibility index (Phi) is 6.68. The number of carbonyl (C=O) groups excluding carboxylic acids is 2. The number of rotatable bonds is 6. The van der Waals surface area contributed by atoms with Gasteiger partial charge in [0.05, 0.1) is 16.3 Å². The molecule has 0 aliphatic rings. The van der Waals surface area contributed by atoms with Gasteiger partial charge in [0.15, 0.2) is 5.69 Å². The van der Waals surface area contributed by atoms with Crippen molar-refractivity contribution in [3.05, 3.63) is 75.8 Å². The van der Waals surface area contributed by atoms with Gasteiger partial charge >= 0.3 is 6.18 Å². The fourth-order valence-electron chi connectivity index (χ4n) is 2.55. The maximum absolute atomic E-state index is 13.2. The summed E-state index contributed by atoms with van der Waals surface area (Å²) in [6.07, 6.45) is -4.65. The summed E-state index contributed by atoms with van der Waals surface area (Å²) in [6.45, 7) is -0.361. The summed E-state index contributed by atoms with van der Waals surface area (Å²) in [6, 6.07) is 11.6. The number of alkyl halides is 3. The summed E-state index contributed by atoms with van der Waals surface area (Å²) in [5, 5.41) is 7.49. The van der Waals surface area contributed by atoms with E-state index in [1.807, 2.05) is 6.07 Å². The largest absolute Gasteiger partial charge is 0.416 e. The van der Waals surface area contributed by atoms with E-state index in [-0.39, 0.29) is 22.9 Å². The lowest BCUT2D eigenvalue weighted by Crippen LogP contribution is -2.41. The third kappa shape index (κ3) is 5.33. The summed E-state index contributed by atoms with van der Waals surface area (Å²) in [7, 11) is 0. The SMILES string of the molecule is O=C(CN(C(=O)c1csnn1)c1cc(C(F)(F)F)ccc1Cl)NCc1ccccc1. The molecule has 0 unspecified atom stereocenters. The van der Waals surface area contributed by atoms with Gasteiger partial charge in [0, 0.05) is 11.9 Å². The number of carbonyl (C=O) groups is 2. The molecule has 2 aromatic carbocycles. The maximum atomic E-state index is 13.2. The Balaban J connectivity index is 1.88. The molecule has 3 rings (SSSR count). The van der Waals surface area contributed by atoms with Crippen molar-refractivity contribution >= 4 is 40.6 Å². The number of halogens is 4. The number of benzene rings is 2. The van der Waals surface area contributed by atoms with E-state index in [1.165, 1.54) is 5.38 Å². The Morgan fingerprint density at radius 1 is 1.13 bits per heavy atom. The molecule has 2 amide bonds. The van der Waals surface area contributed by atoms with Gasteiger partial charge in [-0.05, 0) is 35.3 Å². The van der Waals surface area contributed by atoms with Crippen LogP contribution in [-0.4, -0.2) is 27.9 Å². The van der Waals surface area contributed by atoms with Crippen LogP contribution in [0.25, 0.3) is 0 Å². The summed E-state index contributed by atoms with van der Waals surface area (Å²) in [4.78, 5) is 26.2. The zero-order chi connectivity index (χ0) is 21.7. The van der Waals surface area contributed by atoms with Crippen molar-refractivity contribution in [1.29, 1.82) is 0 Å². The standard InChI is InChI=1S/C19H14ClF3N4O2S/c20-14-7-6-13(19(21,22)23)8-16(14)27(18(29)15-11-30-26-25-15)10-17(28)24-9-12-4-2-1-3-5-12/h1-8,11H,9-10H2,(H,24,28). The normalized spacial score (nSPS) is 11.2. The number of hydrogen-bond donors (Lipinski definition) is 1. The van der Waals surface area contributed by atoms with E-state index < -0.39 is 30.1 Å². The second-order valence-electron chi connectivity index (χ2n) is 6.11. The molecule has 0 aliphatic heterocycles. The Labute approximate surface area is 178 Å². The predicted octanol–water partition coefficient (Wildman–Crippen LogP) is 4.17. The second kappa shape index (κ2) is 9.23. The highest BCUT2D eigenvalue weighted by atomic mass is 35.5. The quantitative estimate of drug-likeness (QED) is 0.606. The third-order valence-electron chi connectivity index (χ3n) is 4.02. The van der Waals surface area contributed by atoms with E-state index in [1.54, 1.807) is 24.3 Å². The van der Waals surface area contributed by atoms with E-state index in [0.717, 1.165) is 40.2 Å². The van der Waals surface area contributed by atoms with Crippen molar-refractivity contribution in [2.75, 3.05) is 11.4 Å². The minimum absolute atomic E-state index is 0.107. The molecule has 3 aromatic rings. The smallest absolute Gasteiger partial charge is 0.350 e. The van der Waals surface area contributed by atoms with E-state index in [4.69, 9.17) is 11.6 Å². The molecule has 0 saturated heterocycles. The molecule has 0 fully saturated rings. The molecule has 156 valence electrons. The molecular formula is C19H14ClF3N4O2S. The van der Waals surface area contributed by atoms with Gasteiger partial charge in [-0.2, -0.15) is 13.2 Å². The van der Waals surface area contributed by atoms with Gasteiger partial charge in [-0.15, -0.1) is 5.10 Å².